The van der Waals surface area contributed by atoms with E-state index in [1.807, 2.05) is 61.5 Å². The number of amides is 1. The lowest BCUT2D eigenvalue weighted by Gasteiger charge is -2.16. The summed E-state index contributed by atoms with van der Waals surface area (Å²) in [5.74, 6) is 0.842. The second-order valence-corrected chi connectivity index (χ2v) is 9.55. The first-order chi connectivity index (χ1) is 20.9. The van der Waals surface area contributed by atoms with Crippen molar-refractivity contribution >= 4 is 28.6 Å². The molecule has 0 bridgehead atoms. The summed E-state index contributed by atoms with van der Waals surface area (Å²) in [6.07, 6.45) is -1.06. The molecule has 4 aromatic carbocycles. The molecule has 0 fully saturated rings. The second kappa shape index (κ2) is 13.0. The third-order valence-corrected chi connectivity index (χ3v) is 6.72. The highest BCUT2D eigenvalue weighted by atomic mass is 16.5. The van der Waals surface area contributed by atoms with Crippen molar-refractivity contribution in [2.24, 2.45) is 0 Å². The zero-order valence-corrected chi connectivity index (χ0v) is 24.3. The van der Waals surface area contributed by atoms with Crippen molar-refractivity contribution in [3.8, 4) is 39.8 Å². The standard InChI is InChI=1S/C34H31N3O6/c1-5-42-30-9-7-6-8-28(30)37-33(38)21(2)43-34(39)24-14-19-27-29(20-24)36-32(23-12-17-26(41-4)18-13-23)31(35-27)22-10-15-25(40-3)16-11-22/h6-21H,5H2,1-4H3,(H,37,38). The van der Waals surface area contributed by atoms with E-state index in [1.165, 1.54) is 6.92 Å². The first-order valence-corrected chi connectivity index (χ1v) is 13.7. The smallest absolute Gasteiger partial charge is 0.338 e. The van der Waals surface area contributed by atoms with E-state index in [9.17, 15) is 9.59 Å². The third kappa shape index (κ3) is 6.56. The number of aromatic nitrogens is 2. The third-order valence-electron chi connectivity index (χ3n) is 6.72. The highest BCUT2D eigenvalue weighted by molar-refractivity contribution is 5.99. The van der Waals surface area contributed by atoms with E-state index < -0.39 is 18.0 Å². The average Bonchev–Trinajstić information content (AvgIpc) is 3.05. The lowest BCUT2D eigenvalue weighted by Crippen LogP contribution is -2.30. The first kappa shape index (κ1) is 29.1. The quantitative estimate of drug-likeness (QED) is 0.186. The highest BCUT2D eigenvalue weighted by Gasteiger charge is 2.21. The molecule has 0 radical (unpaired) electrons. The van der Waals surface area contributed by atoms with Crippen LogP contribution in [0.5, 0.6) is 17.2 Å². The molecule has 1 N–H and O–H groups in total. The number of carbonyl (C=O) groups excluding carboxylic acids is 2. The topological polar surface area (TPSA) is 109 Å². The van der Waals surface area contributed by atoms with Crippen LogP contribution in [0.2, 0.25) is 0 Å². The molecule has 0 spiro atoms. The van der Waals surface area contributed by atoms with E-state index in [1.54, 1.807) is 50.6 Å². The van der Waals surface area contributed by atoms with E-state index in [-0.39, 0.29) is 5.56 Å². The van der Waals surface area contributed by atoms with Crippen molar-refractivity contribution in [1.82, 2.24) is 9.97 Å². The van der Waals surface area contributed by atoms with Crippen molar-refractivity contribution in [3.05, 3.63) is 96.6 Å². The second-order valence-electron chi connectivity index (χ2n) is 9.55. The molecule has 1 amide bonds. The maximum absolute atomic E-state index is 13.1. The lowest BCUT2D eigenvalue weighted by molar-refractivity contribution is -0.123. The predicted molar refractivity (Wildman–Crippen MR) is 165 cm³/mol. The minimum atomic E-state index is -1.06. The lowest BCUT2D eigenvalue weighted by atomic mass is 10.0. The molecule has 0 saturated carbocycles. The van der Waals surface area contributed by atoms with E-state index >= 15 is 0 Å². The molecule has 5 rings (SSSR count). The Morgan fingerprint density at radius 2 is 1.35 bits per heavy atom. The van der Waals surface area contributed by atoms with Crippen LogP contribution < -0.4 is 19.5 Å². The van der Waals surface area contributed by atoms with Crippen molar-refractivity contribution in [2.75, 3.05) is 26.1 Å². The monoisotopic (exact) mass is 577 g/mol. The van der Waals surface area contributed by atoms with Gasteiger partial charge in [0.25, 0.3) is 5.91 Å². The van der Waals surface area contributed by atoms with Gasteiger partial charge in [-0.3, -0.25) is 4.79 Å². The zero-order chi connectivity index (χ0) is 30.3. The molecule has 1 aromatic heterocycles. The van der Waals surface area contributed by atoms with E-state index in [2.05, 4.69) is 5.32 Å². The summed E-state index contributed by atoms with van der Waals surface area (Å²) in [6.45, 7) is 3.82. The normalized spacial score (nSPS) is 11.4. The van der Waals surface area contributed by atoms with Crippen LogP contribution in [0.15, 0.2) is 91.0 Å². The van der Waals surface area contributed by atoms with Crippen molar-refractivity contribution in [3.63, 3.8) is 0 Å². The van der Waals surface area contributed by atoms with Crippen LogP contribution in [0.4, 0.5) is 5.69 Å². The van der Waals surface area contributed by atoms with Gasteiger partial charge in [0.2, 0.25) is 0 Å². The molecule has 0 saturated heterocycles. The Morgan fingerprint density at radius 1 is 0.767 bits per heavy atom. The Bertz CT molecular complexity index is 1750. The fourth-order valence-electron chi connectivity index (χ4n) is 4.45. The molecular formula is C34H31N3O6. The van der Waals surface area contributed by atoms with Crippen LogP contribution in [0.3, 0.4) is 0 Å². The Balaban J connectivity index is 1.43. The number of hydrogen-bond acceptors (Lipinski definition) is 8. The average molecular weight is 578 g/mol. The molecule has 9 heteroatoms. The van der Waals surface area contributed by atoms with Gasteiger partial charge in [0.15, 0.2) is 6.10 Å². The number of nitrogens with zero attached hydrogens (tertiary/aromatic N) is 2. The van der Waals surface area contributed by atoms with Gasteiger partial charge < -0.3 is 24.3 Å². The Morgan fingerprint density at radius 3 is 1.93 bits per heavy atom. The number of hydrogen-bond donors (Lipinski definition) is 1. The molecule has 1 unspecified atom stereocenters. The summed E-state index contributed by atoms with van der Waals surface area (Å²) >= 11 is 0. The molecule has 1 heterocycles. The summed E-state index contributed by atoms with van der Waals surface area (Å²) in [5, 5.41) is 2.76. The largest absolute Gasteiger partial charge is 0.497 e. The van der Waals surface area contributed by atoms with Gasteiger partial charge in [-0.1, -0.05) is 12.1 Å². The number of rotatable bonds is 10. The van der Waals surface area contributed by atoms with Crippen LogP contribution in [0, 0.1) is 0 Å². The van der Waals surface area contributed by atoms with Gasteiger partial charge in [0.05, 0.1) is 54.5 Å². The fraction of sp³-hybridized carbons (Fsp3) is 0.176. The van der Waals surface area contributed by atoms with Crippen LogP contribution in [0.1, 0.15) is 24.2 Å². The van der Waals surface area contributed by atoms with Gasteiger partial charge in [-0.2, -0.15) is 0 Å². The van der Waals surface area contributed by atoms with Gasteiger partial charge in [0.1, 0.15) is 17.2 Å². The van der Waals surface area contributed by atoms with Crippen LogP contribution >= 0.6 is 0 Å². The van der Waals surface area contributed by atoms with Crippen LogP contribution in [-0.4, -0.2) is 48.8 Å². The van der Waals surface area contributed by atoms with E-state index in [0.29, 0.717) is 46.2 Å². The van der Waals surface area contributed by atoms with Gasteiger partial charge >= 0.3 is 5.97 Å². The number of ether oxygens (including phenoxy) is 4. The number of methoxy groups -OCH3 is 2. The molecule has 0 aliphatic rings. The van der Waals surface area contributed by atoms with Crippen molar-refractivity contribution in [2.45, 2.75) is 20.0 Å². The molecule has 5 aromatic rings. The Kier molecular flexibility index (Phi) is 8.81. The molecule has 9 nitrogen and oxygen atoms in total. The molecular weight excluding hydrogens is 546 g/mol. The van der Waals surface area contributed by atoms with Crippen molar-refractivity contribution < 1.29 is 28.5 Å². The number of benzene rings is 4. The van der Waals surface area contributed by atoms with Gasteiger partial charge in [0, 0.05) is 11.1 Å². The number of anilines is 1. The van der Waals surface area contributed by atoms with Gasteiger partial charge in [-0.25, -0.2) is 14.8 Å². The summed E-state index contributed by atoms with van der Waals surface area (Å²) in [7, 11) is 3.23. The highest BCUT2D eigenvalue weighted by Crippen LogP contribution is 2.33. The maximum atomic E-state index is 13.1. The van der Waals surface area contributed by atoms with Crippen molar-refractivity contribution in [1.29, 1.82) is 0 Å². The Labute approximate surface area is 249 Å². The number of nitrogens with one attached hydrogen (secondary N) is 1. The van der Waals surface area contributed by atoms with E-state index in [4.69, 9.17) is 28.9 Å². The summed E-state index contributed by atoms with van der Waals surface area (Å²) in [6, 6.07) is 27.1. The number of carbonyl (C=O) groups is 2. The van der Waals surface area contributed by atoms with Gasteiger partial charge in [-0.15, -0.1) is 0 Å². The summed E-state index contributed by atoms with van der Waals surface area (Å²) in [4.78, 5) is 35.8. The first-order valence-electron chi connectivity index (χ1n) is 13.7. The predicted octanol–water partition coefficient (Wildman–Crippen LogP) is 6.56. The minimum absolute atomic E-state index is 0.244. The molecule has 0 aliphatic carbocycles. The number of esters is 1. The Hall–Kier alpha value is -5.44. The molecule has 0 aliphatic heterocycles. The van der Waals surface area contributed by atoms with Crippen LogP contribution in [0.25, 0.3) is 33.5 Å². The molecule has 218 valence electrons. The van der Waals surface area contributed by atoms with E-state index in [0.717, 1.165) is 16.9 Å². The fourth-order valence-corrected chi connectivity index (χ4v) is 4.45. The number of para-hydroxylation sites is 2. The zero-order valence-electron chi connectivity index (χ0n) is 24.3. The summed E-state index contributed by atoms with van der Waals surface area (Å²) < 4.78 is 21.7. The SMILES string of the molecule is CCOc1ccccc1NC(=O)C(C)OC(=O)c1ccc2nc(-c3ccc(OC)cc3)c(-c3ccc(OC)cc3)nc2c1. The summed E-state index contributed by atoms with van der Waals surface area (Å²) in [5.41, 5.74) is 4.82. The number of fused-ring (bicyclic) bond motifs is 1. The minimum Gasteiger partial charge on any atom is -0.497 e. The molecule has 1 atom stereocenters. The molecule has 43 heavy (non-hydrogen) atoms. The van der Waals surface area contributed by atoms with Gasteiger partial charge in [-0.05, 0) is 92.7 Å². The van der Waals surface area contributed by atoms with Crippen LogP contribution in [-0.2, 0) is 9.53 Å². The maximum Gasteiger partial charge on any atom is 0.338 e.